The van der Waals surface area contributed by atoms with E-state index in [9.17, 15) is 13.2 Å². The van der Waals surface area contributed by atoms with Crippen molar-refractivity contribution in [2.45, 2.75) is 6.54 Å². The van der Waals surface area contributed by atoms with Gasteiger partial charge in [-0.3, -0.25) is 4.79 Å². The van der Waals surface area contributed by atoms with Crippen molar-refractivity contribution in [3.05, 3.63) is 47.5 Å². The second-order valence-corrected chi connectivity index (χ2v) is 7.62. The summed E-state index contributed by atoms with van der Waals surface area (Å²) in [5.41, 5.74) is 3.15. The summed E-state index contributed by atoms with van der Waals surface area (Å²) in [6.07, 6.45) is 0.953. The van der Waals surface area contributed by atoms with Gasteiger partial charge in [0.05, 0.1) is 18.9 Å². The summed E-state index contributed by atoms with van der Waals surface area (Å²) < 4.78 is 33.7. The van der Waals surface area contributed by atoms with Gasteiger partial charge in [-0.1, -0.05) is 18.2 Å². The standard InChI is InChI=1S/C18H16N2O5S/c1-24-15-8-11(14-7-10-5-3-4-6-13(10)20-14)16-12(9-19-18(16)21)17(15)25-26(2,22)23/h3-8,20H,9H2,1-2H3,(H,19,21). The van der Waals surface area contributed by atoms with E-state index >= 15 is 0 Å². The lowest BCUT2D eigenvalue weighted by Crippen LogP contribution is -2.13. The quantitative estimate of drug-likeness (QED) is 0.686. The Morgan fingerprint density at radius 2 is 1.92 bits per heavy atom. The molecule has 1 aliphatic rings. The normalized spacial score (nSPS) is 13.5. The van der Waals surface area contributed by atoms with Gasteiger partial charge in [-0.15, -0.1) is 0 Å². The van der Waals surface area contributed by atoms with E-state index in [1.54, 1.807) is 6.07 Å². The maximum atomic E-state index is 12.4. The first kappa shape index (κ1) is 16.5. The van der Waals surface area contributed by atoms with Gasteiger partial charge >= 0.3 is 10.1 Å². The molecular formula is C18H16N2O5S. The molecule has 1 aromatic heterocycles. The van der Waals surface area contributed by atoms with Gasteiger partial charge in [0.15, 0.2) is 11.5 Å². The predicted molar refractivity (Wildman–Crippen MR) is 96.9 cm³/mol. The number of rotatable bonds is 4. The van der Waals surface area contributed by atoms with Gasteiger partial charge in [-0.05, 0) is 18.2 Å². The number of hydrogen-bond donors (Lipinski definition) is 2. The van der Waals surface area contributed by atoms with Gasteiger partial charge < -0.3 is 19.2 Å². The summed E-state index contributed by atoms with van der Waals surface area (Å²) in [6, 6.07) is 11.3. The molecule has 3 aromatic rings. The average molecular weight is 372 g/mol. The van der Waals surface area contributed by atoms with Crippen molar-refractivity contribution in [3.63, 3.8) is 0 Å². The Kier molecular flexibility index (Phi) is 3.66. The lowest BCUT2D eigenvalue weighted by atomic mass is 9.98. The zero-order valence-electron chi connectivity index (χ0n) is 14.1. The highest BCUT2D eigenvalue weighted by Crippen LogP contribution is 2.43. The van der Waals surface area contributed by atoms with Crippen molar-refractivity contribution in [1.82, 2.24) is 10.3 Å². The van der Waals surface area contributed by atoms with Crippen molar-refractivity contribution in [3.8, 4) is 22.8 Å². The molecule has 0 radical (unpaired) electrons. The highest BCUT2D eigenvalue weighted by molar-refractivity contribution is 7.86. The molecule has 26 heavy (non-hydrogen) atoms. The van der Waals surface area contributed by atoms with Crippen LogP contribution in [0.15, 0.2) is 36.4 Å². The Morgan fingerprint density at radius 3 is 2.62 bits per heavy atom. The van der Waals surface area contributed by atoms with Crippen LogP contribution in [0.3, 0.4) is 0 Å². The topological polar surface area (TPSA) is 97.5 Å². The van der Waals surface area contributed by atoms with Gasteiger partial charge in [-0.25, -0.2) is 0 Å². The molecule has 0 fully saturated rings. The number of carbonyl (C=O) groups excluding carboxylic acids is 1. The predicted octanol–water partition coefficient (Wildman–Crippen LogP) is 2.43. The van der Waals surface area contributed by atoms with Crippen molar-refractivity contribution in [2.75, 3.05) is 13.4 Å². The Hall–Kier alpha value is -3.00. The molecule has 2 heterocycles. The van der Waals surface area contributed by atoms with Crippen LogP contribution in [0.2, 0.25) is 0 Å². The van der Waals surface area contributed by atoms with Crippen LogP contribution in [-0.4, -0.2) is 32.7 Å². The number of carbonyl (C=O) groups is 1. The summed E-state index contributed by atoms with van der Waals surface area (Å²) in [5.74, 6) is 0.0113. The van der Waals surface area contributed by atoms with E-state index in [0.29, 0.717) is 16.7 Å². The van der Waals surface area contributed by atoms with Crippen LogP contribution in [0.25, 0.3) is 22.2 Å². The monoisotopic (exact) mass is 372 g/mol. The number of hydrogen-bond acceptors (Lipinski definition) is 5. The summed E-state index contributed by atoms with van der Waals surface area (Å²) in [7, 11) is -2.35. The second-order valence-electron chi connectivity index (χ2n) is 6.05. The molecule has 8 heteroatoms. The second kappa shape index (κ2) is 5.77. The lowest BCUT2D eigenvalue weighted by Gasteiger charge is -2.15. The third kappa shape index (κ3) is 2.68. The molecule has 4 rings (SSSR count). The van der Waals surface area contributed by atoms with Crippen LogP contribution >= 0.6 is 0 Å². The van der Waals surface area contributed by atoms with Crippen molar-refractivity contribution in [2.24, 2.45) is 0 Å². The number of H-pyrrole nitrogens is 1. The number of ether oxygens (including phenoxy) is 1. The number of aromatic amines is 1. The fourth-order valence-electron chi connectivity index (χ4n) is 3.20. The first-order valence-corrected chi connectivity index (χ1v) is 9.68. The van der Waals surface area contributed by atoms with Crippen molar-refractivity contribution >= 4 is 26.9 Å². The van der Waals surface area contributed by atoms with Crippen molar-refractivity contribution < 1.29 is 22.1 Å². The highest BCUT2D eigenvalue weighted by Gasteiger charge is 2.31. The van der Waals surface area contributed by atoms with E-state index < -0.39 is 10.1 Å². The number of fused-ring (bicyclic) bond motifs is 2. The van der Waals surface area contributed by atoms with Crippen LogP contribution in [0.1, 0.15) is 15.9 Å². The number of amides is 1. The number of aromatic nitrogens is 1. The van der Waals surface area contributed by atoms with E-state index in [2.05, 4.69) is 10.3 Å². The maximum absolute atomic E-state index is 12.4. The van der Waals surface area contributed by atoms with Crippen LogP contribution in [0.4, 0.5) is 0 Å². The summed E-state index contributed by atoms with van der Waals surface area (Å²) in [6.45, 7) is 0.170. The molecule has 2 N–H and O–H groups in total. The van der Waals surface area contributed by atoms with E-state index in [1.165, 1.54) is 7.11 Å². The number of methoxy groups -OCH3 is 1. The number of nitrogens with one attached hydrogen (secondary N) is 2. The molecule has 7 nitrogen and oxygen atoms in total. The molecule has 2 aromatic carbocycles. The van der Waals surface area contributed by atoms with E-state index in [-0.39, 0.29) is 24.0 Å². The molecule has 0 bridgehead atoms. The Balaban J connectivity index is 1.99. The molecule has 1 amide bonds. The number of para-hydroxylation sites is 1. The SMILES string of the molecule is COc1cc(-c2cc3ccccc3[nH]2)c2c(c1OS(C)(=O)=O)CNC2=O. The van der Waals surface area contributed by atoms with Crippen molar-refractivity contribution in [1.29, 1.82) is 0 Å². The molecule has 0 atom stereocenters. The summed E-state index contributed by atoms with van der Waals surface area (Å²) in [5, 5.41) is 3.73. The van der Waals surface area contributed by atoms with Gasteiger partial charge in [0.25, 0.3) is 5.91 Å². The smallest absolute Gasteiger partial charge is 0.306 e. The third-order valence-electron chi connectivity index (χ3n) is 4.27. The molecule has 0 spiro atoms. The fraction of sp³-hybridized carbons (Fsp3) is 0.167. The molecule has 1 aliphatic heterocycles. The zero-order valence-corrected chi connectivity index (χ0v) is 14.9. The maximum Gasteiger partial charge on any atom is 0.306 e. The molecule has 0 saturated carbocycles. The fourth-order valence-corrected chi connectivity index (χ4v) is 3.69. The largest absolute Gasteiger partial charge is 0.493 e. The minimum atomic E-state index is -3.77. The minimum absolute atomic E-state index is 0.0446. The van der Waals surface area contributed by atoms with E-state index in [4.69, 9.17) is 8.92 Å². The van der Waals surface area contributed by atoms with Gasteiger partial charge in [0.1, 0.15) is 0 Å². The van der Waals surface area contributed by atoms with E-state index in [1.807, 2.05) is 30.3 Å². The van der Waals surface area contributed by atoms with Gasteiger partial charge in [0.2, 0.25) is 0 Å². The molecule has 0 aliphatic carbocycles. The Bertz CT molecular complexity index is 1110. The summed E-state index contributed by atoms with van der Waals surface area (Å²) in [4.78, 5) is 15.7. The number of benzene rings is 2. The Labute approximate surface area is 150 Å². The Morgan fingerprint density at radius 1 is 1.15 bits per heavy atom. The van der Waals surface area contributed by atoms with Crippen LogP contribution in [-0.2, 0) is 16.7 Å². The third-order valence-corrected chi connectivity index (χ3v) is 4.74. The average Bonchev–Trinajstić information content (AvgIpc) is 3.18. The lowest BCUT2D eigenvalue weighted by molar-refractivity contribution is 0.0966. The molecular weight excluding hydrogens is 356 g/mol. The summed E-state index contributed by atoms with van der Waals surface area (Å²) >= 11 is 0. The van der Waals surface area contributed by atoms with Crippen LogP contribution in [0.5, 0.6) is 11.5 Å². The van der Waals surface area contributed by atoms with Crippen LogP contribution < -0.4 is 14.2 Å². The minimum Gasteiger partial charge on any atom is -0.493 e. The van der Waals surface area contributed by atoms with E-state index in [0.717, 1.165) is 22.9 Å². The highest BCUT2D eigenvalue weighted by atomic mass is 32.2. The molecule has 0 saturated heterocycles. The van der Waals surface area contributed by atoms with Gasteiger partial charge in [-0.2, -0.15) is 8.42 Å². The molecule has 134 valence electrons. The van der Waals surface area contributed by atoms with Crippen LogP contribution in [0, 0.1) is 0 Å². The first-order chi connectivity index (χ1) is 12.4. The zero-order chi connectivity index (χ0) is 18.5. The first-order valence-electron chi connectivity index (χ1n) is 7.87. The van der Waals surface area contributed by atoms with Gasteiger partial charge in [0, 0.05) is 34.3 Å². The molecule has 0 unspecified atom stereocenters.